The molecule has 5 nitrogen and oxygen atoms in total. The van der Waals surface area contributed by atoms with E-state index in [-0.39, 0.29) is 39.9 Å². The van der Waals surface area contributed by atoms with E-state index in [0.717, 1.165) is 48.7 Å². The second-order valence-corrected chi connectivity index (χ2v) is 8.13. The summed E-state index contributed by atoms with van der Waals surface area (Å²) in [4.78, 5) is 20.8. The summed E-state index contributed by atoms with van der Waals surface area (Å²) in [5.74, 6) is -4.37. The number of benzene rings is 2. The zero-order valence-corrected chi connectivity index (χ0v) is 18.5. The Balaban J connectivity index is 0.00000289. The van der Waals surface area contributed by atoms with E-state index in [1.807, 2.05) is 0 Å². The van der Waals surface area contributed by atoms with Crippen molar-refractivity contribution in [2.45, 2.75) is 6.42 Å². The molecule has 1 aromatic heterocycles. The Labute approximate surface area is 192 Å². The van der Waals surface area contributed by atoms with E-state index in [1.165, 1.54) is 11.0 Å². The van der Waals surface area contributed by atoms with Gasteiger partial charge in [0.1, 0.15) is 11.3 Å². The van der Waals surface area contributed by atoms with E-state index >= 15 is 0 Å². The lowest BCUT2D eigenvalue weighted by molar-refractivity contribution is 0.0376. The minimum atomic E-state index is -1.14. The van der Waals surface area contributed by atoms with Crippen molar-refractivity contribution in [1.29, 1.82) is 0 Å². The molecule has 0 N–H and O–H groups in total. The molecule has 0 aliphatic carbocycles. The summed E-state index contributed by atoms with van der Waals surface area (Å²) in [5, 5.41) is 0.163. The quantitative estimate of drug-likeness (QED) is 0.473. The number of ether oxygens (including phenoxy) is 1. The molecule has 2 aromatic carbocycles. The zero-order chi connectivity index (χ0) is 22.0. The highest BCUT2D eigenvalue weighted by Gasteiger charge is 2.24. The van der Waals surface area contributed by atoms with Gasteiger partial charge in [0, 0.05) is 37.8 Å². The third-order valence-corrected chi connectivity index (χ3v) is 6.03. The van der Waals surface area contributed by atoms with Gasteiger partial charge < -0.3 is 4.74 Å². The number of aromatic nitrogens is 1. The zero-order valence-electron chi connectivity index (χ0n) is 16.8. The summed E-state index contributed by atoms with van der Waals surface area (Å²) in [6.45, 7) is 3.75. The first-order valence-electron chi connectivity index (χ1n) is 9.75. The van der Waals surface area contributed by atoms with E-state index in [0.29, 0.717) is 26.2 Å². The van der Waals surface area contributed by atoms with Crippen LogP contribution in [0.25, 0.3) is 10.2 Å². The van der Waals surface area contributed by atoms with Gasteiger partial charge in [-0.15, -0.1) is 12.4 Å². The van der Waals surface area contributed by atoms with Crippen molar-refractivity contribution in [3.8, 4) is 0 Å². The number of rotatable bonds is 6. The number of thiazole rings is 1. The number of carbonyl (C=O) groups is 1. The van der Waals surface area contributed by atoms with Crippen molar-refractivity contribution in [1.82, 2.24) is 9.88 Å². The van der Waals surface area contributed by atoms with Gasteiger partial charge in [0.25, 0.3) is 5.91 Å². The van der Waals surface area contributed by atoms with Gasteiger partial charge in [-0.1, -0.05) is 11.3 Å². The van der Waals surface area contributed by atoms with Crippen LogP contribution in [0.15, 0.2) is 30.3 Å². The molecule has 1 aliphatic heterocycles. The molecule has 3 aromatic rings. The minimum Gasteiger partial charge on any atom is -0.379 e. The summed E-state index contributed by atoms with van der Waals surface area (Å²) < 4.78 is 60.3. The van der Waals surface area contributed by atoms with Crippen molar-refractivity contribution < 1.29 is 27.1 Å². The molecule has 0 atom stereocenters. The van der Waals surface area contributed by atoms with Crippen LogP contribution in [0, 0.1) is 23.3 Å². The molecular weight excluding hydrogens is 470 g/mol. The fourth-order valence-corrected chi connectivity index (χ4v) is 4.44. The molecular formula is C21H20ClF4N3O2S. The van der Waals surface area contributed by atoms with Crippen molar-refractivity contribution >= 4 is 45.0 Å². The molecule has 1 saturated heterocycles. The highest BCUT2D eigenvalue weighted by molar-refractivity contribution is 7.22. The van der Waals surface area contributed by atoms with Crippen LogP contribution in [0.4, 0.5) is 22.7 Å². The van der Waals surface area contributed by atoms with E-state index in [9.17, 15) is 22.4 Å². The number of anilines is 1. The number of nitrogens with zero attached hydrogens (tertiary/aromatic N) is 3. The number of halogens is 5. The lowest BCUT2D eigenvalue weighted by Crippen LogP contribution is -2.39. The molecule has 32 heavy (non-hydrogen) atoms. The highest BCUT2D eigenvalue weighted by atomic mass is 35.5. The first kappa shape index (κ1) is 24.4. The van der Waals surface area contributed by atoms with E-state index in [2.05, 4.69) is 9.88 Å². The molecule has 4 rings (SSSR count). The van der Waals surface area contributed by atoms with Crippen molar-refractivity contribution in [3.05, 3.63) is 59.2 Å². The molecule has 0 radical (unpaired) electrons. The van der Waals surface area contributed by atoms with Crippen LogP contribution < -0.4 is 4.90 Å². The van der Waals surface area contributed by atoms with Gasteiger partial charge in [-0.3, -0.25) is 14.6 Å². The largest absolute Gasteiger partial charge is 0.379 e. The summed E-state index contributed by atoms with van der Waals surface area (Å²) in [6.07, 6.45) is 0.572. The van der Waals surface area contributed by atoms with Gasteiger partial charge in [0.15, 0.2) is 22.6 Å². The molecule has 11 heteroatoms. The van der Waals surface area contributed by atoms with Gasteiger partial charge in [-0.2, -0.15) is 0 Å². The molecule has 0 saturated carbocycles. The van der Waals surface area contributed by atoms with Crippen LogP contribution in [0.5, 0.6) is 0 Å². The molecule has 2 heterocycles. The predicted molar refractivity (Wildman–Crippen MR) is 117 cm³/mol. The van der Waals surface area contributed by atoms with Crippen LogP contribution in [-0.4, -0.2) is 55.2 Å². The molecule has 0 spiro atoms. The normalized spacial score (nSPS) is 14.4. The number of carbonyl (C=O) groups excluding carboxylic acids is 1. The first-order chi connectivity index (χ1) is 14.9. The average molecular weight is 490 g/mol. The molecule has 1 aliphatic rings. The van der Waals surface area contributed by atoms with E-state index < -0.39 is 29.2 Å². The Morgan fingerprint density at radius 1 is 1.06 bits per heavy atom. The summed E-state index contributed by atoms with van der Waals surface area (Å²) in [7, 11) is 0. The molecule has 0 unspecified atom stereocenters. The molecule has 1 amide bonds. The second kappa shape index (κ2) is 10.6. The Morgan fingerprint density at radius 2 is 1.81 bits per heavy atom. The standard InChI is InChI=1S/C21H19F4N3O2S.ClH/c22-14-11-17(25)19-18(12-14)31-21(26-19)28(5-1-4-27-6-8-30-9-7-27)20(29)13-2-3-15(23)16(24)10-13;/h2-3,10-12H,1,4-9H2;1H. The Kier molecular flexibility index (Phi) is 8.05. The maximum Gasteiger partial charge on any atom is 0.260 e. The van der Waals surface area contributed by atoms with Crippen LogP contribution >= 0.6 is 23.7 Å². The Hall–Kier alpha value is -2.27. The van der Waals surface area contributed by atoms with Gasteiger partial charge in [0.2, 0.25) is 0 Å². The van der Waals surface area contributed by atoms with Crippen LogP contribution in [0.3, 0.4) is 0 Å². The van der Waals surface area contributed by atoms with Crippen LogP contribution in [-0.2, 0) is 4.74 Å². The number of hydrogen-bond acceptors (Lipinski definition) is 5. The summed E-state index contributed by atoms with van der Waals surface area (Å²) in [5.41, 5.74) is -0.103. The first-order valence-corrected chi connectivity index (χ1v) is 10.6. The maximum absolute atomic E-state index is 14.1. The summed E-state index contributed by atoms with van der Waals surface area (Å²) in [6, 6.07) is 4.75. The fourth-order valence-electron chi connectivity index (χ4n) is 3.41. The number of fused-ring (bicyclic) bond motifs is 1. The third-order valence-electron chi connectivity index (χ3n) is 5.00. The van der Waals surface area contributed by atoms with Gasteiger partial charge in [0.05, 0.1) is 17.9 Å². The average Bonchev–Trinajstić information content (AvgIpc) is 3.17. The lowest BCUT2D eigenvalue weighted by atomic mass is 10.2. The predicted octanol–water partition coefficient (Wildman–Crippen LogP) is 4.64. The smallest absolute Gasteiger partial charge is 0.260 e. The Bertz CT molecular complexity index is 1110. The minimum absolute atomic E-state index is 0. The van der Waals surface area contributed by atoms with Crippen LogP contribution in [0.2, 0.25) is 0 Å². The highest BCUT2D eigenvalue weighted by Crippen LogP contribution is 2.32. The summed E-state index contributed by atoms with van der Waals surface area (Å²) >= 11 is 0.963. The Morgan fingerprint density at radius 3 is 2.53 bits per heavy atom. The number of amides is 1. The van der Waals surface area contributed by atoms with Gasteiger partial charge in [-0.05, 0) is 30.7 Å². The third kappa shape index (κ3) is 5.37. The topological polar surface area (TPSA) is 45.7 Å². The SMILES string of the molecule is Cl.O=C(c1ccc(F)c(F)c1)N(CCCN1CCOCC1)c1nc2c(F)cc(F)cc2s1. The monoisotopic (exact) mass is 489 g/mol. The number of morpholine rings is 1. The van der Waals surface area contributed by atoms with Gasteiger partial charge >= 0.3 is 0 Å². The molecule has 1 fully saturated rings. The lowest BCUT2D eigenvalue weighted by Gasteiger charge is -2.27. The van der Waals surface area contributed by atoms with E-state index in [4.69, 9.17) is 4.74 Å². The molecule has 172 valence electrons. The number of hydrogen-bond donors (Lipinski definition) is 0. The van der Waals surface area contributed by atoms with E-state index in [1.54, 1.807) is 0 Å². The second-order valence-electron chi connectivity index (χ2n) is 7.12. The fraction of sp³-hybridized carbons (Fsp3) is 0.333. The molecule has 0 bridgehead atoms. The van der Waals surface area contributed by atoms with Crippen molar-refractivity contribution in [2.24, 2.45) is 0 Å². The maximum atomic E-state index is 14.1. The van der Waals surface area contributed by atoms with Crippen molar-refractivity contribution in [2.75, 3.05) is 44.3 Å². The van der Waals surface area contributed by atoms with Crippen LogP contribution in [0.1, 0.15) is 16.8 Å². The van der Waals surface area contributed by atoms with Gasteiger partial charge in [-0.25, -0.2) is 22.5 Å². The van der Waals surface area contributed by atoms with Crippen molar-refractivity contribution in [3.63, 3.8) is 0 Å².